The van der Waals surface area contributed by atoms with Crippen molar-refractivity contribution in [1.82, 2.24) is 4.90 Å². The summed E-state index contributed by atoms with van der Waals surface area (Å²) in [5, 5.41) is 2.63. The van der Waals surface area contributed by atoms with Crippen molar-refractivity contribution >= 4 is 17.5 Å². The number of nitrogens with one attached hydrogen (secondary N) is 1. The van der Waals surface area contributed by atoms with Crippen LogP contribution in [0.3, 0.4) is 0 Å². The van der Waals surface area contributed by atoms with Crippen molar-refractivity contribution in [3.05, 3.63) is 59.7 Å². The predicted octanol–water partition coefficient (Wildman–Crippen LogP) is 3.81. The molecule has 0 saturated heterocycles. The molecule has 0 unspecified atom stereocenters. The van der Waals surface area contributed by atoms with E-state index in [2.05, 4.69) is 5.32 Å². The van der Waals surface area contributed by atoms with Crippen LogP contribution in [0.5, 0.6) is 5.75 Å². The van der Waals surface area contributed by atoms with E-state index in [4.69, 9.17) is 4.74 Å². The number of likely N-dealkylation sites (N-methyl/N-ethyl adjacent to an activating group) is 1. The summed E-state index contributed by atoms with van der Waals surface area (Å²) in [7, 11) is 1.46. The maximum Gasteiger partial charge on any atom is 0.416 e. The molecule has 1 N–H and O–H groups in total. The summed E-state index contributed by atoms with van der Waals surface area (Å²) in [5.41, 5.74) is -0.604. The van der Waals surface area contributed by atoms with Gasteiger partial charge in [0, 0.05) is 12.1 Å². The Labute approximate surface area is 154 Å². The lowest BCUT2D eigenvalue weighted by Crippen LogP contribution is -2.38. The van der Waals surface area contributed by atoms with Gasteiger partial charge in [-0.15, -0.1) is 0 Å². The number of benzene rings is 2. The van der Waals surface area contributed by atoms with Crippen LogP contribution in [0.15, 0.2) is 48.5 Å². The Kier molecular flexibility index (Phi) is 6.44. The lowest BCUT2D eigenvalue weighted by Gasteiger charge is -2.21. The Morgan fingerprint density at radius 1 is 1.11 bits per heavy atom. The number of nitrogens with zero attached hydrogens (tertiary/aromatic N) is 1. The molecule has 2 aromatic carbocycles. The maximum atomic E-state index is 12.8. The van der Waals surface area contributed by atoms with E-state index in [-0.39, 0.29) is 18.7 Å². The third kappa shape index (κ3) is 5.22. The number of hydrogen-bond acceptors (Lipinski definition) is 3. The molecule has 0 aliphatic rings. The van der Waals surface area contributed by atoms with Crippen LogP contribution in [0, 0.1) is 0 Å². The van der Waals surface area contributed by atoms with Gasteiger partial charge in [0.15, 0.2) is 0 Å². The number of para-hydroxylation sites is 2. The zero-order valence-electron chi connectivity index (χ0n) is 14.8. The molecule has 0 saturated carbocycles. The molecule has 0 aliphatic heterocycles. The SMILES string of the molecule is CCN(CC(=O)Nc1ccccc1OC)C(=O)c1cccc(C(F)(F)F)c1. The number of alkyl halides is 3. The highest BCUT2D eigenvalue weighted by Gasteiger charge is 2.31. The second-order valence-electron chi connectivity index (χ2n) is 5.65. The minimum atomic E-state index is -4.55. The molecule has 2 rings (SSSR count). The van der Waals surface area contributed by atoms with Gasteiger partial charge in [-0.2, -0.15) is 13.2 Å². The maximum absolute atomic E-state index is 12.8. The fourth-order valence-electron chi connectivity index (χ4n) is 2.45. The molecular formula is C19H19F3N2O3. The second-order valence-corrected chi connectivity index (χ2v) is 5.65. The number of anilines is 1. The van der Waals surface area contributed by atoms with Crippen LogP contribution in [-0.2, 0) is 11.0 Å². The van der Waals surface area contributed by atoms with Crippen molar-refractivity contribution in [2.45, 2.75) is 13.1 Å². The first kappa shape index (κ1) is 20.3. The Balaban J connectivity index is 2.12. The molecule has 5 nitrogen and oxygen atoms in total. The summed E-state index contributed by atoms with van der Waals surface area (Å²) in [6, 6.07) is 10.9. The van der Waals surface area contributed by atoms with Crippen LogP contribution >= 0.6 is 0 Å². The zero-order valence-corrected chi connectivity index (χ0v) is 14.8. The number of methoxy groups -OCH3 is 1. The van der Waals surface area contributed by atoms with Crippen molar-refractivity contribution in [2.75, 3.05) is 25.5 Å². The smallest absolute Gasteiger partial charge is 0.416 e. The minimum Gasteiger partial charge on any atom is -0.495 e. The average molecular weight is 380 g/mol. The summed E-state index contributed by atoms with van der Waals surface area (Å²) in [5.74, 6) is -0.682. The largest absolute Gasteiger partial charge is 0.495 e. The first-order valence-corrected chi connectivity index (χ1v) is 8.15. The monoisotopic (exact) mass is 380 g/mol. The van der Waals surface area contributed by atoms with Crippen LogP contribution in [-0.4, -0.2) is 36.9 Å². The fraction of sp³-hybridized carbons (Fsp3) is 0.263. The molecule has 0 radical (unpaired) electrons. The number of hydrogen-bond donors (Lipinski definition) is 1. The Bertz CT molecular complexity index is 822. The van der Waals surface area contributed by atoms with Crippen molar-refractivity contribution in [2.24, 2.45) is 0 Å². The van der Waals surface area contributed by atoms with E-state index in [9.17, 15) is 22.8 Å². The molecule has 0 spiro atoms. The summed E-state index contributed by atoms with van der Waals surface area (Å²) >= 11 is 0. The van der Waals surface area contributed by atoms with Crippen LogP contribution < -0.4 is 10.1 Å². The van der Waals surface area contributed by atoms with E-state index >= 15 is 0 Å². The number of rotatable bonds is 6. The van der Waals surface area contributed by atoms with Crippen molar-refractivity contribution in [3.63, 3.8) is 0 Å². The number of carbonyl (C=O) groups is 2. The highest BCUT2D eigenvalue weighted by molar-refractivity contribution is 6.00. The van der Waals surface area contributed by atoms with Gasteiger partial charge in [0.25, 0.3) is 5.91 Å². The number of amides is 2. The van der Waals surface area contributed by atoms with Gasteiger partial charge in [-0.1, -0.05) is 18.2 Å². The highest BCUT2D eigenvalue weighted by atomic mass is 19.4. The Morgan fingerprint density at radius 3 is 2.44 bits per heavy atom. The Hall–Kier alpha value is -3.03. The summed E-state index contributed by atoms with van der Waals surface area (Å²) < 4.78 is 43.6. The van der Waals surface area contributed by atoms with E-state index in [1.54, 1.807) is 31.2 Å². The third-order valence-electron chi connectivity index (χ3n) is 3.82. The van der Waals surface area contributed by atoms with Crippen molar-refractivity contribution in [3.8, 4) is 5.75 Å². The lowest BCUT2D eigenvalue weighted by molar-refractivity contribution is -0.137. The molecule has 2 aromatic rings. The normalized spacial score (nSPS) is 11.0. The van der Waals surface area contributed by atoms with Gasteiger partial charge in [-0.3, -0.25) is 9.59 Å². The molecule has 27 heavy (non-hydrogen) atoms. The molecule has 0 bridgehead atoms. The van der Waals surface area contributed by atoms with Gasteiger partial charge >= 0.3 is 6.18 Å². The van der Waals surface area contributed by atoms with Crippen LogP contribution in [0.1, 0.15) is 22.8 Å². The van der Waals surface area contributed by atoms with Gasteiger partial charge in [0.05, 0.1) is 18.4 Å². The van der Waals surface area contributed by atoms with Gasteiger partial charge in [-0.05, 0) is 37.3 Å². The van der Waals surface area contributed by atoms with E-state index in [1.807, 2.05) is 0 Å². The summed E-state index contributed by atoms with van der Waals surface area (Å²) in [6.07, 6.45) is -4.55. The Morgan fingerprint density at radius 2 is 1.81 bits per heavy atom. The van der Waals surface area contributed by atoms with Gasteiger partial charge in [-0.25, -0.2) is 0 Å². The van der Waals surface area contributed by atoms with Crippen LogP contribution in [0.25, 0.3) is 0 Å². The van der Waals surface area contributed by atoms with Gasteiger partial charge in [0.2, 0.25) is 5.91 Å². The molecule has 144 valence electrons. The van der Waals surface area contributed by atoms with Gasteiger partial charge < -0.3 is 15.0 Å². The molecule has 0 heterocycles. The lowest BCUT2D eigenvalue weighted by atomic mass is 10.1. The van der Waals surface area contributed by atoms with E-state index in [0.717, 1.165) is 12.1 Å². The number of carbonyl (C=O) groups excluding carboxylic acids is 2. The topological polar surface area (TPSA) is 58.6 Å². The zero-order chi connectivity index (χ0) is 20.0. The quantitative estimate of drug-likeness (QED) is 0.829. The molecule has 2 amide bonds. The second kappa shape index (κ2) is 8.57. The number of halogens is 3. The summed E-state index contributed by atoms with van der Waals surface area (Å²) in [4.78, 5) is 26.0. The van der Waals surface area contributed by atoms with Gasteiger partial charge in [0.1, 0.15) is 12.3 Å². The van der Waals surface area contributed by atoms with E-state index in [1.165, 1.54) is 24.1 Å². The third-order valence-corrected chi connectivity index (χ3v) is 3.82. The van der Waals surface area contributed by atoms with Crippen LogP contribution in [0.4, 0.5) is 18.9 Å². The van der Waals surface area contributed by atoms with E-state index < -0.39 is 23.6 Å². The fourth-order valence-corrected chi connectivity index (χ4v) is 2.45. The van der Waals surface area contributed by atoms with Crippen molar-refractivity contribution in [1.29, 1.82) is 0 Å². The molecule has 0 aromatic heterocycles. The molecule has 0 atom stereocenters. The first-order chi connectivity index (χ1) is 12.8. The van der Waals surface area contributed by atoms with E-state index in [0.29, 0.717) is 11.4 Å². The molecule has 8 heteroatoms. The standard InChI is InChI=1S/C19H19F3N2O3/c1-3-24(12-17(25)23-15-9-4-5-10-16(15)27-2)18(26)13-7-6-8-14(11-13)19(20,21)22/h4-11H,3,12H2,1-2H3,(H,23,25). The van der Waals surface area contributed by atoms with Crippen molar-refractivity contribution < 1.29 is 27.5 Å². The summed E-state index contributed by atoms with van der Waals surface area (Å²) in [6.45, 7) is 1.50. The molecule has 0 aliphatic carbocycles. The molecule has 0 fully saturated rings. The van der Waals surface area contributed by atoms with Crippen LogP contribution in [0.2, 0.25) is 0 Å². The first-order valence-electron chi connectivity index (χ1n) is 8.15. The molecular weight excluding hydrogens is 361 g/mol. The minimum absolute atomic E-state index is 0.128. The predicted molar refractivity (Wildman–Crippen MR) is 94.6 cm³/mol. The number of ether oxygens (including phenoxy) is 1. The highest BCUT2D eigenvalue weighted by Crippen LogP contribution is 2.29. The average Bonchev–Trinajstić information content (AvgIpc) is 2.65.